The molecule has 1 aromatic carbocycles. The van der Waals surface area contributed by atoms with Gasteiger partial charge in [-0.15, -0.1) is 0 Å². The van der Waals surface area contributed by atoms with Gasteiger partial charge < -0.3 is 20.2 Å². The van der Waals surface area contributed by atoms with Crippen molar-refractivity contribution in [2.45, 2.75) is 38.2 Å². The number of anilines is 1. The first kappa shape index (κ1) is 21.8. The van der Waals surface area contributed by atoms with E-state index in [4.69, 9.17) is 0 Å². The highest BCUT2D eigenvalue weighted by atomic mass is 16.3. The number of aliphatic hydroxyl groups excluding tert-OH is 1. The molecule has 2 fully saturated rings. The summed E-state index contributed by atoms with van der Waals surface area (Å²) in [5.41, 5.74) is 2.07. The Morgan fingerprint density at radius 2 is 1.90 bits per heavy atom. The summed E-state index contributed by atoms with van der Waals surface area (Å²) >= 11 is 0. The number of nitrogens with one attached hydrogen (secondary N) is 1. The minimum atomic E-state index is -0.304. The summed E-state index contributed by atoms with van der Waals surface area (Å²) in [4.78, 5) is 21.4. The predicted molar refractivity (Wildman–Crippen MR) is 123 cm³/mol. The van der Waals surface area contributed by atoms with Gasteiger partial charge in [-0.2, -0.15) is 0 Å². The molecule has 2 aromatic rings. The van der Waals surface area contributed by atoms with Crippen LogP contribution in [0.2, 0.25) is 0 Å². The number of piperidine rings is 1. The number of amides is 1. The highest BCUT2D eigenvalue weighted by Gasteiger charge is 2.22. The number of nitrogens with zero attached hydrogens (tertiary/aromatic N) is 3. The molecule has 0 aliphatic carbocycles. The molecule has 1 atom stereocenters. The average molecular weight is 423 g/mol. The van der Waals surface area contributed by atoms with Gasteiger partial charge in [0, 0.05) is 37.9 Å². The van der Waals surface area contributed by atoms with Crippen LogP contribution in [0.15, 0.2) is 48.7 Å². The van der Waals surface area contributed by atoms with E-state index in [-0.39, 0.29) is 12.0 Å². The second kappa shape index (κ2) is 10.7. The van der Waals surface area contributed by atoms with E-state index >= 15 is 0 Å². The van der Waals surface area contributed by atoms with E-state index in [1.807, 2.05) is 11.0 Å². The highest BCUT2D eigenvalue weighted by Crippen LogP contribution is 2.22. The van der Waals surface area contributed by atoms with Crippen molar-refractivity contribution in [1.29, 1.82) is 0 Å². The first-order valence-corrected chi connectivity index (χ1v) is 11.6. The lowest BCUT2D eigenvalue weighted by Gasteiger charge is -2.32. The highest BCUT2D eigenvalue weighted by molar-refractivity contribution is 5.94. The van der Waals surface area contributed by atoms with Crippen LogP contribution in [-0.4, -0.2) is 66.3 Å². The van der Waals surface area contributed by atoms with Gasteiger partial charge in [0.15, 0.2) is 0 Å². The minimum absolute atomic E-state index is 0.0545. The van der Waals surface area contributed by atoms with E-state index < -0.39 is 0 Å². The Bertz CT molecular complexity index is 836. The number of pyridine rings is 1. The standard InChI is InChI=1S/C25H34N4O2/c30-23-11-16-29(19-23)24-18-22(8-12-26-24)25(31)27-13-17-28-14-9-21(10-15-28)7-6-20-4-2-1-3-5-20/h1-5,8,12,18,21,23,30H,6-7,9-11,13-17,19H2,(H,27,31). The number of carbonyl (C=O) groups is 1. The predicted octanol–water partition coefficient (Wildman–Crippen LogP) is 2.73. The van der Waals surface area contributed by atoms with E-state index in [0.717, 1.165) is 44.3 Å². The third-order valence-corrected chi connectivity index (χ3v) is 6.60. The second-order valence-corrected chi connectivity index (χ2v) is 8.86. The summed E-state index contributed by atoms with van der Waals surface area (Å²) in [6.07, 6.45) is 7.06. The molecule has 31 heavy (non-hydrogen) atoms. The van der Waals surface area contributed by atoms with Crippen molar-refractivity contribution in [3.8, 4) is 0 Å². The molecule has 1 unspecified atom stereocenters. The van der Waals surface area contributed by atoms with E-state index in [0.29, 0.717) is 18.7 Å². The maximum atomic E-state index is 12.6. The summed E-state index contributed by atoms with van der Waals surface area (Å²) in [6.45, 7) is 5.15. The van der Waals surface area contributed by atoms with Crippen LogP contribution < -0.4 is 10.2 Å². The average Bonchev–Trinajstić information content (AvgIpc) is 3.25. The number of benzene rings is 1. The zero-order chi connectivity index (χ0) is 21.5. The third-order valence-electron chi connectivity index (χ3n) is 6.60. The van der Waals surface area contributed by atoms with Crippen molar-refractivity contribution in [2.75, 3.05) is 44.2 Å². The van der Waals surface area contributed by atoms with Gasteiger partial charge in [0.05, 0.1) is 6.10 Å². The zero-order valence-electron chi connectivity index (χ0n) is 18.2. The molecule has 2 aliphatic rings. The molecular weight excluding hydrogens is 388 g/mol. The second-order valence-electron chi connectivity index (χ2n) is 8.86. The third kappa shape index (κ3) is 6.28. The number of hydrogen-bond donors (Lipinski definition) is 2. The molecule has 2 saturated heterocycles. The molecule has 1 aromatic heterocycles. The molecule has 0 saturated carbocycles. The number of carbonyl (C=O) groups excluding carboxylic acids is 1. The Hall–Kier alpha value is -2.44. The SMILES string of the molecule is O=C(NCCN1CCC(CCc2ccccc2)CC1)c1ccnc(N2CCC(O)C2)c1. The fourth-order valence-electron chi connectivity index (χ4n) is 4.63. The number of rotatable bonds is 8. The summed E-state index contributed by atoms with van der Waals surface area (Å²) in [5.74, 6) is 1.52. The van der Waals surface area contributed by atoms with Gasteiger partial charge in [-0.05, 0) is 68.8 Å². The van der Waals surface area contributed by atoms with Crippen molar-refractivity contribution in [3.63, 3.8) is 0 Å². The number of aromatic nitrogens is 1. The van der Waals surface area contributed by atoms with Crippen molar-refractivity contribution >= 4 is 11.7 Å². The van der Waals surface area contributed by atoms with Crippen molar-refractivity contribution in [2.24, 2.45) is 5.92 Å². The number of aliphatic hydroxyl groups is 1. The topological polar surface area (TPSA) is 68.7 Å². The van der Waals surface area contributed by atoms with Gasteiger partial charge in [-0.25, -0.2) is 4.98 Å². The van der Waals surface area contributed by atoms with Gasteiger partial charge in [-0.3, -0.25) is 4.79 Å². The Morgan fingerprint density at radius 3 is 2.65 bits per heavy atom. The van der Waals surface area contributed by atoms with Crippen LogP contribution in [0.1, 0.15) is 41.6 Å². The van der Waals surface area contributed by atoms with E-state index in [9.17, 15) is 9.90 Å². The van der Waals surface area contributed by atoms with Gasteiger partial charge in [-0.1, -0.05) is 30.3 Å². The lowest BCUT2D eigenvalue weighted by atomic mass is 9.90. The summed E-state index contributed by atoms with van der Waals surface area (Å²) < 4.78 is 0. The molecule has 6 heteroatoms. The van der Waals surface area contributed by atoms with Gasteiger partial charge in [0.2, 0.25) is 0 Å². The maximum absolute atomic E-state index is 12.6. The van der Waals surface area contributed by atoms with Crippen LogP contribution in [-0.2, 0) is 6.42 Å². The van der Waals surface area contributed by atoms with Crippen molar-refractivity contribution < 1.29 is 9.90 Å². The Kier molecular flexibility index (Phi) is 7.54. The first-order valence-electron chi connectivity index (χ1n) is 11.6. The number of hydrogen-bond acceptors (Lipinski definition) is 5. The van der Waals surface area contributed by atoms with Crippen LogP contribution in [0.3, 0.4) is 0 Å². The first-order chi connectivity index (χ1) is 15.2. The molecule has 1 amide bonds. The van der Waals surface area contributed by atoms with Crippen LogP contribution >= 0.6 is 0 Å². The van der Waals surface area contributed by atoms with Gasteiger partial charge in [0.25, 0.3) is 5.91 Å². The quantitative estimate of drug-likeness (QED) is 0.685. The Labute approximate surface area is 185 Å². The minimum Gasteiger partial charge on any atom is -0.391 e. The molecule has 0 spiro atoms. The molecule has 166 valence electrons. The van der Waals surface area contributed by atoms with Gasteiger partial charge in [0.1, 0.15) is 5.82 Å². The van der Waals surface area contributed by atoms with Crippen LogP contribution in [0.25, 0.3) is 0 Å². The van der Waals surface area contributed by atoms with Crippen molar-refractivity contribution in [3.05, 3.63) is 59.8 Å². The van der Waals surface area contributed by atoms with Crippen LogP contribution in [0.5, 0.6) is 0 Å². The molecule has 3 heterocycles. The summed E-state index contributed by atoms with van der Waals surface area (Å²) in [6, 6.07) is 14.3. The summed E-state index contributed by atoms with van der Waals surface area (Å²) in [7, 11) is 0. The largest absolute Gasteiger partial charge is 0.391 e. The van der Waals surface area contributed by atoms with E-state index in [1.165, 1.54) is 31.2 Å². The molecule has 2 aliphatic heterocycles. The number of likely N-dealkylation sites (tertiary alicyclic amines) is 1. The van der Waals surface area contributed by atoms with Crippen LogP contribution in [0, 0.1) is 5.92 Å². The van der Waals surface area contributed by atoms with E-state index in [2.05, 4.69) is 45.5 Å². The summed E-state index contributed by atoms with van der Waals surface area (Å²) in [5, 5.41) is 12.8. The van der Waals surface area contributed by atoms with Crippen LogP contribution in [0.4, 0.5) is 5.82 Å². The Morgan fingerprint density at radius 1 is 1.10 bits per heavy atom. The smallest absolute Gasteiger partial charge is 0.251 e. The zero-order valence-corrected chi connectivity index (χ0v) is 18.2. The number of β-amino-alcohol motifs (C(OH)–C–C–N with tert-alkyl or cyclic N) is 1. The lowest BCUT2D eigenvalue weighted by molar-refractivity contribution is 0.0943. The number of aryl methyl sites for hydroxylation is 1. The normalized spacial score (nSPS) is 20.2. The van der Waals surface area contributed by atoms with Gasteiger partial charge >= 0.3 is 0 Å². The molecular formula is C25H34N4O2. The monoisotopic (exact) mass is 422 g/mol. The lowest BCUT2D eigenvalue weighted by Crippen LogP contribution is -2.39. The van der Waals surface area contributed by atoms with Crippen molar-refractivity contribution in [1.82, 2.24) is 15.2 Å². The molecule has 2 N–H and O–H groups in total. The fraction of sp³-hybridized carbons (Fsp3) is 0.520. The molecule has 0 bridgehead atoms. The fourth-order valence-corrected chi connectivity index (χ4v) is 4.63. The molecule has 0 radical (unpaired) electrons. The molecule has 4 rings (SSSR count). The maximum Gasteiger partial charge on any atom is 0.251 e. The van der Waals surface area contributed by atoms with E-state index in [1.54, 1.807) is 12.3 Å². The Balaban J connectivity index is 1.15. The molecule has 6 nitrogen and oxygen atoms in total.